The zero-order valence-electron chi connectivity index (χ0n) is 12.4. The Kier molecular flexibility index (Phi) is 3.31. The van der Waals surface area contributed by atoms with Crippen molar-refractivity contribution in [3.05, 3.63) is 34.4 Å². The maximum atomic E-state index is 9.55. The standard InChI is InChI=1S/C17H26O/c1-6-12-9-14-15(10-13(12)11-18)17(4,5)8-7-16(14,2)3/h9-10,18H,6-8,11H2,1-5H3. The van der Waals surface area contributed by atoms with E-state index in [1.165, 1.54) is 29.5 Å². The maximum absolute atomic E-state index is 9.55. The highest BCUT2D eigenvalue weighted by molar-refractivity contribution is 5.47. The number of aryl methyl sites for hydroxylation is 1. The monoisotopic (exact) mass is 246 g/mol. The Labute approximate surface area is 111 Å². The number of hydrogen-bond acceptors (Lipinski definition) is 1. The molecule has 0 spiro atoms. The Bertz CT molecular complexity index is 412. The van der Waals surface area contributed by atoms with E-state index in [1.54, 1.807) is 0 Å². The Morgan fingerprint density at radius 2 is 1.39 bits per heavy atom. The van der Waals surface area contributed by atoms with Gasteiger partial charge < -0.3 is 5.11 Å². The summed E-state index contributed by atoms with van der Waals surface area (Å²) in [5.41, 5.74) is 5.86. The minimum absolute atomic E-state index is 0.160. The molecule has 1 aliphatic carbocycles. The summed E-state index contributed by atoms with van der Waals surface area (Å²) in [6.07, 6.45) is 3.47. The summed E-state index contributed by atoms with van der Waals surface area (Å²) in [4.78, 5) is 0. The summed E-state index contributed by atoms with van der Waals surface area (Å²) in [7, 11) is 0. The second-order valence-corrected chi connectivity index (χ2v) is 6.95. The van der Waals surface area contributed by atoms with E-state index >= 15 is 0 Å². The number of fused-ring (bicyclic) bond motifs is 1. The van der Waals surface area contributed by atoms with E-state index in [0.29, 0.717) is 0 Å². The fourth-order valence-electron chi connectivity index (χ4n) is 3.18. The highest BCUT2D eigenvalue weighted by Crippen LogP contribution is 2.46. The van der Waals surface area contributed by atoms with Crippen molar-refractivity contribution in [1.29, 1.82) is 0 Å². The molecule has 100 valence electrons. The molecule has 2 rings (SSSR count). The van der Waals surface area contributed by atoms with Crippen molar-refractivity contribution in [3.63, 3.8) is 0 Å². The van der Waals surface area contributed by atoms with Crippen molar-refractivity contribution in [3.8, 4) is 0 Å². The van der Waals surface area contributed by atoms with E-state index in [2.05, 4.69) is 46.8 Å². The third-order valence-electron chi connectivity index (χ3n) is 4.72. The molecule has 0 bridgehead atoms. The van der Waals surface area contributed by atoms with Crippen LogP contribution < -0.4 is 0 Å². The number of rotatable bonds is 2. The summed E-state index contributed by atoms with van der Waals surface area (Å²) in [6.45, 7) is 11.7. The summed E-state index contributed by atoms with van der Waals surface area (Å²) in [5, 5.41) is 9.55. The lowest BCUT2D eigenvalue weighted by Gasteiger charge is -2.42. The largest absolute Gasteiger partial charge is 0.392 e. The molecule has 18 heavy (non-hydrogen) atoms. The smallest absolute Gasteiger partial charge is 0.0684 e. The molecule has 0 atom stereocenters. The number of aliphatic hydroxyl groups excluding tert-OH is 1. The van der Waals surface area contributed by atoms with Crippen molar-refractivity contribution < 1.29 is 5.11 Å². The lowest BCUT2D eigenvalue weighted by Crippen LogP contribution is -2.34. The van der Waals surface area contributed by atoms with Gasteiger partial charge >= 0.3 is 0 Å². The normalized spacial score (nSPS) is 20.6. The van der Waals surface area contributed by atoms with E-state index in [-0.39, 0.29) is 17.4 Å². The SMILES string of the molecule is CCc1cc2c(cc1CO)C(C)(C)CCC2(C)C. The van der Waals surface area contributed by atoms with Crippen LogP contribution in [0.25, 0.3) is 0 Å². The predicted molar refractivity (Wildman–Crippen MR) is 77.0 cm³/mol. The first-order valence-electron chi connectivity index (χ1n) is 7.09. The van der Waals surface area contributed by atoms with Crippen molar-refractivity contribution >= 4 is 0 Å². The number of benzene rings is 1. The first-order chi connectivity index (χ1) is 8.31. The molecule has 0 fully saturated rings. The van der Waals surface area contributed by atoms with E-state index < -0.39 is 0 Å². The predicted octanol–water partition coefficient (Wildman–Crippen LogP) is 4.09. The zero-order chi connectivity index (χ0) is 13.6. The molecule has 0 aromatic heterocycles. The topological polar surface area (TPSA) is 20.2 Å². The van der Waals surface area contributed by atoms with Gasteiger partial charge in [0.25, 0.3) is 0 Å². The fourth-order valence-corrected chi connectivity index (χ4v) is 3.18. The van der Waals surface area contributed by atoms with Crippen LogP contribution in [-0.2, 0) is 23.9 Å². The summed E-state index contributed by atoms with van der Waals surface area (Å²) in [5.74, 6) is 0. The van der Waals surface area contributed by atoms with Gasteiger partial charge in [0.05, 0.1) is 6.61 Å². The summed E-state index contributed by atoms with van der Waals surface area (Å²) in [6, 6.07) is 4.61. The Balaban J connectivity index is 2.68. The van der Waals surface area contributed by atoms with Crippen LogP contribution in [0.15, 0.2) is 12.1 Å². The molecular formula is C17H26O. The molecule has 1 N–H and O–H groups in total. The second kappa shape index (κ2) is 4.38. The quantitative estimate of drug-likeness (QED) is 0.833. The highest BCUT2D eigenvalue weighted by atomic mass is 16.3. The van der Waals surface area contributed by atoms with Gasteiger partial charge in [-0.1, -0.05) is 46.8 Å². The van der Waals surface area contributed by atoms with Crippen LogP contribution in [0.5, 0.6) is 0 Å². The van der Waals surface area contributed by atoms with Crippen LogP contribution in [0.1, 0.15) is 69.7 Å². The molecule has 0 radical (unpaired) electrons. The van der Waals surface area contributed by atoms with Crippen molar-refractivity contribution in [2.75, 3.05) is 0 Å². The van der Waals surface area contributed by atoms with Gasteiger partial charge in [0.15, 0.2) is 0 Å². The van der Waals surface area contributed by atoms with Crippen LogP contribution in [0, 0.1) is 0 Å². The van der Waals surface area contributed by atoms with E-state index in [9.17, 15) is 5.11 Å². The van der Waals surface area contributed by atoms with Gasteiger partial charge in [-0.25, -0.2) is 0 Å². The maximum Gasteiger partial charge on any atom is 0.0684 e. The fraction of sp³-hybridized carbons (Fsp3) is 0.647. The lowest BCUT2D eigenvalue weighted by atomic mass is 9.62. The van der Waals surface area contributed by atoms with Gasteiger partial charge in [0.2, 0.25) is 0 Å². The van der Waals surface area contributed by atoms with Gasteiger partial charge in [-0.05, 0) is 52.3 Å². The van der Waals surface area contributed by atoms with Gasteiger partial charge in [-0.15, -0.1) is 0 Å². The Morgan fingerprint density at radius 1 is 0.944 bits per heavy atom. The Hall–Kier alpha value is -0.820. The third kappa shape index (κ3) is 2.09. The van der Waals surface area contributed by atoms with Gasteiger partial charge in [0, 0.05) is 0 Å². The third-order valence-corrected chi connectivity index (χ3v) is 4.72. The number of aliphatic hydroxyl groups is 1. The van der Waals surface area contributed by atoms with E-state index in [4.69, 9.17) is 0 Å². The molecule has 1 nitrogen and oxygen atoms in total. The van der Waals surface area contributed by atoms with Gasteiger partial charge in [-0.3, -0.25) is 0 Å². The molecule has 1 aliphatic rings. The zero-order valence-corrected chi connectivity index (χ0v) is 12.4. The van der Waals surface area contributed by atoms with Gasteiger partial charge in [0.1, 0.15) is 0 Å². The Morgan fingerprint density at radius 3 is 1.78 bits per heavy atom. The minimum atomic E-state index is 0.160. The molecule has 0 aliphatic heterocycles. The van der Waals surface area contributed by atoms with Crippen molar-refractivity contribution in [2.24, 2.45) is 0 Å². The first-order valence-corrected chi connectivity index (χ1v) is 7.09. The minimum Gasteiger partial charge on any atom is -0.392 e. The first kappa shape index (κ1) is 13.6. The molecule has 1 aromatic carbocycles. The van der Waals surface area contributed by atoms with Crippen LogP contribution in [0.2, 0.25) is 0 Å². The van der Waals surface area contributed by atoms with Crippen LogP contribution in [0.4, 0.5) is 0 Å². The molecule has 1 heteroatoms. The average molecular weight is 246 g/mol. The van der Waals surface area contributed by atoms with E-state index in [0.717, 1.165) is 12.0 Å². The number of hydrogen-bond donors (Lipinski definition) is 1. The molecule has 0 saturated carbocycles. The van der Waals surface area contributed by atoms with Crippen LogP contribution in [-0.4, -0.2) is 5.11 Å². The molecule has 0 amide bonds. The summed E-state index contributed by atoms with van der Waals surface area (Å²) >= 11 is 0. The average Bonchev–Trinajstić information content (AvgIpc) is 2.33. The van der Waals surface area contributed by atoms with Crippen molar-refractivity contribution in [1.82, 2.24) is 0 Å². The van der Waals surface area contributed by atoms with Crippen molar-refractivity contribution in [2.45, 2.75) is 71.3 Å². The molecule has 1 aromatic rings. The van der Waals surface area contributed by atoms with Crippen LogP contribution in [0.3, 0.4) is 0 Å². The molecule has 0 unspecified atom stereocenters. The molecular weight excluding hydrogens is 220 g/mol. The molecule has 0 heterocycles. The highest BCUT2D eigenvalue weighted by Gasteiger charge is 2.37. The van der Waals surface area contributed by atoms with Crippen LogP contribution >= 0.6 is 0 Å². The van der Waals surface area contributed by atoms with E-state index in [1.807, 2.05) is 0 Å². The molecule has 0 saturated heterocycles. The van der Waals surface area contributed by atoms with Gasteiger partial charge in [-0.2, -0.15) is 0 Å². The summed E-state index contributed by atoms with van der Waals surface area (Å²) < 4.78 is 0. The second-order valence-electron chi connectivity index (χ2n) is 6.95. The lowest BCUT2D eigenvalue weighted by molar-refractivity contribution is 0.278.